The zero-order valence-corrected chi connectivity index (χ0v) is 17.6. The van der Waals surface area contributed by atoms with E-state index in [1.165, 1.54) is 0 Å². The van der Waals surface area contributed by atoms with Gasteiger partial charge in [0.15, 0.2) is 0 Å². The first-order valence-corrected chi connectivity index (χ1v) is 13.5. The van der Waals surface area contributed by atoms with Gasteiger partial charge in [-0.1, -0.05) is 95.1 Å². The van der Waals surface area contributed by atoms with Gasteiger partial charge in [0.2, 0.25) is 0 Å². The van der Waals surface area contributed by atoms with Crippen molar-refractivity contribution in [3.8, 4) is 0 Å². The number of rotatable bonds is 11. The van der Waals surface area contributed by atoms with Crippen molar-refractivity contribution < 1.29 is 13.0 Å². The van der Waals surface area contributed by atoms with E-state index in [4.69, 9.17) is 0 Å². The molecule has 0 saturated carbocycles. The molecule has 1 aromatic carbocycles. The fourth-order valence-corrected chi connectivity index (χ4v) is 11.0. The van der Waals surface area contributed by atoms with Gasteiger partial charge in [0.25, 0.3) is 10.1 Å². The fourth-order valence-electron chi connectivity index (χ4n) is 3.61. The van der Waals surface area contributed by atoms with Gasteiger partial charge >= 0.3 is 0 Å². The molecule has 0 radical (unpaired) electrons. The van der Waals surface area contributed by atoms with Crippen LogP contribution in [0.1, 0.15) is 64.9 Å². The summed E-state index contributed by atoms with van der Waals surface area (Å²) < 4.78 is 33.8. The second-order valence-corrected chi connectivity index (χ2v) is 13.1. The lowest BCUT2D eigenvalue weighted by Gasteiger charge is -2.34. The molecule has 3 nitrogen and oxygen atoms in total. The number of hydrogen-bond acceptors (Lipinski definition) is 2. The van der Waals surface area contributed by atoms with Crippen LogP contribution in [0.25, 0.3) is 0 Å². The number of hydrogen-bond donors (Lipinski definition) is 1. The lowest BCUT2D eigenvalue weighted by atomic mass is 10.2. The first-order valence-electron chi connectivity index (χ1n) is 9.39. The molecule has 0 spiro atoms. The standard InChI is InChI=1S/C19H34O3SSi/c1-5-8-13-24(14-9-6-2,15-10-7-3)19-16-17(4)11-12-18(19)23(20,21)22/h11-12,16H,5-10,13-15H2,1-4H3,(H,20,21,22). The molecule has 5 heteroatoms. The number of unbranched alkanes of at least 4 members (excludes halogenated alkanes) is 3. The highest BCUT2D eigenvalue weighted by Gasteiger charge is 2.37. The van der Waals surface area contributed by atoms with Crippen molar-refractivity contribution in [3.05, 3.63) is 23.8 Å². The summed E-state index contributed by atoms with van der Waals surface area (Å²) >= 11 is 0. The van der Waals surface area contributed by atoms with Crippen LogP contribution in [0.3, 0.4) is 0 Å². The Morgan fingerprint density at radius 1 is 0.917 bits per heavy atom. The molecule has 1 N–H and O–H groups in total. The summed E-state index contributed by atoms with van der Waals surface area (Å²) in [5.74, 6) is 0. The van der Waals surface area contributed by atoms with Crippen molar-refractivity contribution in [1.82, 2.24) is 0 Å². The Bertz CT molecular complexity index is 589. The summed E-state index contributed by atoms with van der Waals surface area (Å²) in [5.41, 5.74) is 1.08. The van der Waals surface area contributed by atoms with Crippen LogP contribution in [0, 0.1) is 6.92 Å². The minimum atomic E-state index is -4.17. The molecule has 0 aliphatic heterocycles. The van der Waals surface area contributed by atoms with Crippen LogP contribution in [0.5, 0.6) is 0 Å². The van der Waals surface area contributed by atoms with Crippen LogP contribution in [-0.2, 0) is 10.1 Å². The minimum absolute atomic E-state index is 0.170. The predicted molar refractivity (Wildman–Crippen MR) is 106 cm³/mol. The van der Waals surface area contributed by atoms with E-state index in [1.807, 2.05) is 6.92 Å². The third-order valence-electron chi connectivity index (χ3n) is 5.01. The molecule has 138 valence electrons. The molecular weight excluding hydrogens is 336 g/mol. The molecule has 0 heterocycles. The van der Waals surface area contributed by atoms with Crippen LogP contribution in [0.2, 0.25) is 18.1 Å². The van der Waals surface area contributed by atoms with E-state index in [1.54, 1.807) is 12.1 Å². The van der Waals surface area contributed by atoms with Crippen molar-refractivity contribution in [2.75, 3.05) is 0 Å². The maximum atomic E-state index is 12.0. The maximum Gasteiger partial charge on any atom is 0.294 e. The Hall–Kier alpha value is -0.653. The van der Waals surface area contributed by atoms with Gasteiger partial charge in [-0.15, -0.1) is 0 Å². The Balaban J connectivity index is 3.52. The first-order chi connectivity index (χ1) is 11.3. The second-order valence-electron chi connectivity index (χ2n) is 7.07. The van der Waals surface area contributed by atoms with Gasteiger partial charge in [-0.05, 0) is 18.2 Å². The van der Waals surface area contributed by atoms with Crippen LogP contribution in [0.4, 0.5) is 0 Å². The Morgan fingerprint density at radius 2 is 1.38 bits per heavy atom. The number of benzene rings is 1. The van der Waals surface area contributed by atoms with Crippen LogP contribution in [-0.4, -0.2) is 21.0 Å². The molecule has 24 heavy (non-hydrogen) atoms. The summed E-state index contributed by atoms with van der Waals surface area (Å²) in [4.78, 5) is 0.170. The lowest BCUT2D eigenvalue weighted by molar-refractivity contribution is 0.483. The van der Waals surface area contributed by atoms with E-state index >= 15 is 0 Å². The fraction of sp³-hybridized carbons (Fsp3) is 0.684. The minimum Gasteiger partial charge on any atom is -0.282 e. The molecule has 0 bridgehead atoms. The zero-order chi connectivity index (χ0) is 18.2. The van der Waals surface area contributed by atoms with Crippen molar-refractivity contribution >= 4 is 23.4 Å². The predicted octanol–water partition coefficient (Wildman–Crippen LogP) is 5.30. The quantitative estimate of drug-likeness (QED) is 0.425. The van der Waals surface area contributed by atoms with Crippen LogP contribution in [0.15, 0.2) is 23.1 Å². The molecule has 0 fully saturated rings. The molecule has 0 saturated heterocycles. The summed E-state index contributed by atoms with van der Waals surface area (Å²) in [7, 11) is -6.13. The van der Waals surface area contributed by atoms with E-state index < -0.39 is 18.2 Å². The van der Waals surface area contributed by atoms with Gasteiger partial charge in [-0.2, -0.15) is 8.42 Å². The Labute approximate surface area is 149 Å². The Kier molecular flexibility index (Phi) is 8.67. The average Bonchev–Trinajstić information content (AvgIpc) is 2.53. The van der Waals surface area contributed by atoms with Gasteiger partial charge in [0.1, 0.15) is 0 Å². The molecule has 0 unspecified atom stereocenters. The van der Waals surface area contributed by atoms with Gasteiger partial charge in [0, 0.05) is 0 Å². The highest BCUT2D eigenvalue weighted by atomic mass is 32.2. The van der Waals surface area contributed by atoms with E-state index in [0.717, 1.165) is 67.4 Å². The molecule has 1 aromatic rings. The second kappa shape index (κ2) is 9.73. The normalized spacial score (nSPS) is 12.5. The van der Waals surface area contributed by atoms with E-state index in [-0.39, 0.29) is 4.90 Å². The van der Waals surface area contributed by atoms with E-state index in [2.05, 4.69) is 26.8 Å². The maximum absolute atomic E-state index is 12.0. The third kappa shape index (κ3) is 5.71. The zero-order valence-electron chi connectivity index (χ0n) is 15.8. The molecule has 0 amide bonds. The molecule has 0 aliphatic carbocycles. The lowest BCUT2D eigenvalue weighted by Crippen LogP contribution is -2.49. The van der Waals surface area contributed by atoms with Crippen molar-refractivity contribution in [2.24, 2.45) is 0 Å². The summed E-state index contributed by atoms with van der Waals surface area (Å²) in [5, 5.41) is 0.973. The smallest absolute Gasteiger partial charge is 0.282 e. The molecular formula is C19H34O3SSi. The molecule has 0 aliphatic rings. The van der Waals surface area contributed by atoms with Gasteiger partial charge in [-0.3, -0.25) is 4.55 Å². The van der Waals surface area contributed by atoms with Crippen LogP contribution >= 0.6 is 0 Å². The third-order valence-corrected chi connectivity index (χ3v) is 11.6. The molecule has 0 atom stereocenters. The topological polar surface area (TPSA) is 54.4 Å². The SMILES string of the molecule is CCCC[Si](CCCC)(CCCC)c1cc(C)ccc1S(=O)(=O)O. The monoisotopic (exact) mass is 370 g/mol. The first kappa shape index (κ1) is 21.4. The van der Waals surface area contributed by atoms with E-state index in [0.29, 0.717) is 0 Å². The highest BCUT2D eigenvalue weighted by molar-refractivity contribution is 7.86. The van der Waals surface area contributed by atoms with Crippen molar-refractivity contribution in [3.63, 3.8) is 0 Å². The highest BCUT2D eigenvalue weighted by Crippen LogP contribution is 2.30. The largest absolute Gasteiger partial charge is 0.294 e. The van der Waals surface area contributed by atoms with Crippen molar-refractivity contribution in [1.29, 1.82) is 0 Å². The molecule has 1 rings (SSSR count). The average molecular weight is 371 g/mol. The summed E-state index contributed by atoms with van der Waals surface area (Å²) in [6.07, 6.45) is 6.79. The summed E-state index contributed by atoms with van der Waals surface area (Å²) in [6, 6.07) is 8.83. The van der Waals surface area contributed by atoms with Gasteiger partial charge < -0.3 is 0 Å². The number of aryl methyl sites for hydroxylation is 1. The molecule has 0 aromatic heterocycles. The van der Waals surface area contributed by atoms with Gasteiger partial charge in [0.05, 0.1) is 13.0 Å². The summed E-state index contributed by atoms with van der Waals surface area (Å²) in [6.45, 7) is 8.59. The van der Waals surface area contributed by atoms with E-state index in [9.17, 15) is 13.0 Å². The van der Waals surface area contributed by atoms with Crippen LogP contribution < -0.4 is 5.19 Å². The Morgan fingerprint density at radius 3 is 1.75 bits per heavy atom. The van der Waals surface area contributed by atoms with Gasteiger partial charge in [-0.25, -0.2) is 0 Å². The van der Waals surface area contributed by atoms with Crippen molar-refractivity contribution in [2.45, 2.75) is 89.2 Å².